The average Bonchev–Trinajstić information content (AvgIpc) is 3.10. The van der Waals surface area contributed by atoms with E-state index in [1.807, 2.05) is 6.07 Å². The van der Waals surface area contributed by atoms with Gasteiger partial charge in [0.1, 0.15) is 0 Å². The SMILES string of the molecule is COc1cc(CNC2CC2C)cc(Cl)c1OCC(N)=O. The van der Waals surface area contributed by atoms with Crippen LogP contribution in [-0.2, 0) is 11.3 Å². The van der Waals surface area contributed by atoms with E-state index in [-0.39, 0.29) is 6.61 Å². The summed E-state index contributed by atoms with van der Waals surface area (Å²) in [5.74, 6) is 1.03. The topological polar surface area (TPSA) is 73.6 Å². The predicted octanol–water partition coefficient (Wildman–Crippen LogP) is 1.71. The number of nitrogens with two attached hydrogens (primary N) is 1. The van der Waals surface area contributed by atoms with Crippen molar-refractivity contribution in [2.75, 3.05) is 13.7 Å². The number of halogens is 1. The summed E-state index contributed by atoms with van der Waals surface area (Å²) in [7, 11) is 1.53. The Morgan fingerprint density at radius 2 is 2.25 bits per heavy atom. The van der Waals surface area contributed by atoms with E-state index < -0.39 is 5.91 Å². The first-order chi connectivity index (χ1) is 9.51. The molecule has 0 bridgehead atoms. The van der Waals surface area contributed by atoms with Crippen LogP contribution in [0.5, 0.6) is 11.5 Å². The van der Waals surface area contributed by atoms with E-state index >= 15 is 0 Å². The molecule has 6 heteroatoms. The molecule has 110 valence electrons. The van der Waals surface area contributed by atoms with E-state index in [9.17, 15) is 4.79 Å². The smallest absolute Gasteiger partial charge is 0.255 e. The normalized spacial score (nSPS) is 20.6. The molecule has 2 atom stereocenters. The van der Waals surface area contributed by atoms with Crippen molar-refractivity contribution in [3.8, 4) is 11.5 Å². The fourth-order valence-corrected chi connectivity index (χ4v) is 2.30. The maximum atomic E-state index is 10.8. The Bertz CT molecular complexity index is 507. The number of methoxy groups -OCH3 is 1. The van der Waals surface area contributed by atoms with E-state index in [0.717, 1.165) is 18.0 Å². The molecule has 0 aliphatic heterocycles. The van der Waals surface area contributed by atoms with E-state index in [2.05, 4.69) is 12.2 Å². The third kappa shape index (κ3) is 3.77. The van der Waals surface area contributed by atoms with Gasteiger partial charge in [-0.25, -0.2) is 0 Å². The maximum absolute atomic E-state index is 10.8. The summed E-state index contributed by atoms with van der Waals surface area (Å²) in [5.41, 5.74) is 6.07. The summed E-state index contributed by atoms with van der Waals surface area (Å²) in [6.07, 6.45) is 1.21. The van der Waals surface area contributed by atoms with Crippen molar-refractivity contribution in [1.82, 2.24) is 5.32 Å². The van der Waals surface area contributed by atoms with Gasteiger partial charge in [0.25, 0.3) is 5.91 Å². The number of amides is 1. The van der Waals surface area contributed by atoms with Gasteiger partial charge in [0.05, 0.1) is 12.1 Å². The van der Waals surface area contributed by atoms with Gasteiger partial charge in [-0.15, -0.1) is 0 Å². The first kappa shape index (κ1) is 14.9. The molecule has 3 N–H and O–H groups in total. The number of carbonyl (C=O) groups excluding carboxylic acids is 1. The van der Waals surface area contributed by atoms with Gasteiger partial charge >= 0.3 is 0 Å². The van der Waals surface area contributed by atoms with Crippen molar-refractivity contribution in [2.45, 2.75) is 25.9 Å². The van der Waals surface area contributed by atoms with Crippen molar-refractivity contribution < 1.29 is 14.3 Å². The van der Waals surface area contributed by atoms with E-state index in [0.29, 0.717) is 22.6 Å². The highest BCUT2D eigenvalue weighted by molar-refractivity contribution is 6.32. The summed E-state index contributed by atoms with van der Waals surface area (Å²) < 4.78 is 10.5. The maximum Gasteiger partial charge on any atom is 0.255 e. The number of primary amides is 1. The van der Waals surface area contributed by atoms with Crippen molar-refractivity contribution >= 4 is 17.5 Å². The first-order valence-corrected chi connectivity index (χ1v) is 6.90. The minimum atomic E-state index is -0.559. The fraction of sp³-hybridized carbons (Fsp3) is 0.500. The molecule has 0 radical (unpaired) electrons. The summed E-state index contributed by atoms with van der Waals surface area (Å²) in [6, 6.07) is 4.24. The zero-order valence-corrected chi connectivity index (χ0v) is 12.4. The Labute approximate surface area is 123 Å². The van der Waals surface area contributed by atoms with Crippen LogP contribution in [-0.4, -0.2) is 25.7 Å². The lowest BCUT2D eigenvalue weighted by molar-refractivity contribution is -0.119. The summed E-state index contributed by atoms with van der Waals surface area (Å²) >= 11 is 6.17. The third-order valence-electron chi connectivity index (χ3n) is 3.33. The molecule has 0 aromatic heterocycles. The van der Waals surface area contributed by atoms with Gasteiger partial charge in [-0.1, -0.05) is 18.5 Å². The Morgan fingerprint density at radius 1 is 1.55 bits per heavy atom. The van der Waals surface area contributed by atoms with Crippen molar-refractivity contribution in [2.24, 2.45) is 11.7 Å². The van der Waals surface area contributed by atoms with Crippen LogP contribution in [0.4, 0.5) is 0 Å². The zero-order chi connectivity index (χ0) is 14.7. The molecule has 0 saturated heterocycles. The number of rotatable bonds is 7. The van der Waals surface area contributed by atoms with Crippen LogP contribution < -0.4 is 20.5 Å². The number of ether oxygens (including phenoxy) is 2. The van der Waals surface area contributed by atoms with Gasteiger partial charge in [0.15, 0.2) is 18.1 Å². The predicted molar refractivity (Wildman–Crippen MR) is 77.1 cm³/mol. The van der Waals surface area contributed by atoms with Crippen molar-refractivity contribution in [3.05, 3.63) is 22.7 Å². The van der Waals surface area contributed by atoms with Crippen LogP contribution in [0.3, 0.4) is 0 Å². The number of carbonyl (C=O) groups is 1. The van der Waals surface area contributed by atoms with Gasteiger partial charge in [0, 0.05) is 12.6 Å². The van der Waals surface area contributed by atoms with Crippen molar-refractivity contribution in [1.29, 1.82) is 0 Å². The van der Waals surface area contributed by atoms with Gasteiger partial charge in [-0.05, 0) is 30.0 Å². The second-order valence-electron chi connectivity index (χ2n) is 5.06. The third-order valence-corrected chi connectivity index (χ3v) is 3.61. The molecule has 1 aliphatic rings. The van der Waals surface area contributed by atoms with E-state index in [1.165, 1.54) is 13.5 Å². The molecule has 0 heterocycles. The molecule has 1 aromatic rings. The summed E-state index contributed by atoms with van der Waals surface area (Å²) in [4.78, 5) is 10.8. The molecule has 1 fully saturated rings. The van der Waals surface area contributed by atoms with Gasteiger partial charge < -0.3 is 20.5 Å². The van der Waals surface area contributed by atoms with Crippen LogP contribution >= 0.6 is 11.6 Å². The molecular formula is C14H19ClN2O3. The molecule has 1 aromatic carbocycles. The van der Waals surface area contributed by atoms with Gasteiger partial charge in [0.2, 0.25) is 0 Å². The summed E-state index contributed by atoms with van der Waals surface area (Å²) in [5, 5.41) is 3.85. The number of benzene rings is 1. The Morgan fingerprint density at radius 3 is 2.80 bits per heavy atom. The zero-order valence-electron chi connectivity index (χ0n) is 11.6. The Hall–Kier alpha value is -1.46. The van der Waals surface area contributed by atoms with Crippen LogP contribution in [0.1, 0.15) is 18.9 Å². The first-order valence-electron chi connectivity index (χ1n) is 6.52. The highest BCUT2D eigenvalue weighted by Crippen LogP contribution is 2.37. The van der Waals surface area contributed by atoms with Crippen LogP contribution in [0.25, 0.3) is 0 Å². The highest BCUT2D eigenvalue weighted by atomic mass is 35.5. The van der Waals surface area contributed by atoms with Gasteiger partial charge in [-0.2, -0.15) is 0 Å². The lowest BCUT2D eigenvalue weighted by atomic mass is 10.2. The molecule has 2 unspecified atom stereocenters. The van der Waals surface area contributed by atoms with E-state index in [4.69, 9.17) is 26.8 Å². The molecule has 1 aliphatic carbocycles. The molecule has 0 spiro atoms. The van der Waals surface area contributed by atoms with Crippen LogP contribution in [0, 0.1) is 5.92 Å². The molecular weight excluding hydrogens is 280 g/mol. The quantitative estimate of drug-likeness (QED) is 0.804. The minimum Gasteiger partial charge on any atom is -0.493 e. The molecule has 2 rings (SSSR count). The largest absolute Gasteiger partial charge is 0.493 e. The molecule has 1 amide bonds. The Kier molecular flexibility index (Phi) is 4.73. The van der Waals surface area contributed by atoms with Gasteiger partial charge in [-0.3, -0.25) is 4.79 Å². The average molecular weight is 299 g/mol. The second-order valence-corrected chi connectivity index (χ2v) is 5.47. The standard InChI is InChI=1S/C14H19ClN2O3/c1-8-3-11(8)17-6-9-4-10(15)14(12(5-9)19-2)20-7-13(16)18/h4-5,8,11,17H,3,6-7H2,1-2H3,(H2,16,18). The monoisotopic (exact) mass is 298 g/mol. The van der Waals surface area contributed by atoms with Crippen LogP contribution in [0.2, 0.25) is 5.02 Å². The van der Waals surface area contributed by atoms with Crippen LogP contribution in [0.15, 0.2) is 12.1 Å². The highest BCUT2D eigenvalue weighted by Gasteiger charge is 2.31. The number of hydrogen-bond acceptors (Lipinski definition) is 4. The minimum absolute atomic E-state index is 0.229. The molecule has 20 heavy (non-hydrogen) atoms. The Balaban J connectivity index is 2.07. The lowest BCUT2D eigenvalue weighted by Crippen LogP contribution is -2.20. The van der Waals surface area contributed by atoms with E-state index in [1.54, 1.807) is 6.07 Å². The second kappa shape index (κ2) is 6.33. The molecule has 1 saturated carbocycles. The summed E-state index contributed by atoms with van der Waals surface area (Å²) in [6.45, 7) is 2.71. The lowest BCUT2D eigenvalue weighted by Gasteiger charge is -2.13. The van der Waals surface area contributed by atoms with Crippen molar-refractivity contribution in [3.63, 3.8) is 0 Å². The number of nitrogens with one attached hydrogen (secondary N) is 1. The number of hydrogen-bond donors (Lipinski definition) is 2. The molecule has 5 nitrogen and oxygen atoms in total. The fourth-order valence-electron chi connectivity index (χ4n) is 2.01.